The Labute approximate surface area is 93.3 Å². The topological polar surface area (TPSA) is 50.7 Å². The van der Waals surface area contributed by atoms with Gasteiger partial charge >= 0.3 is 6.72 Å². The predicted octanol–water partition coefficient (Wildman–Crippen LogP) is 3.17. The molecule has 0 saturated heterocycles. The van der Waals surface area contributed by atoms with Crippen LogP contribution >= 0.6 is 27.9 Å². The Kier molecular flexibility index (Phi) is 8.87. The molecule has 0 aliphatic heterocycles. The van der Waals surface area contributed by atoms with Crippen LogP contribution in [0.15, 0.2) is 4.99 Å². The minimum Gasteiger partial charge on any atom is -0.306 e. The number of nitrogens with one attached hydrogen (secondary N) is 1. The lowest BCUT2D eigenvalue weighted by molar-refractivity contribution is 0.343. The van der Waals surface area contributed by atoms with Gasteiger partial charge < -0.3 is 4.52 Å². The molecule has 0 bridgehead atoms. The standard InChI is InChI=1S/C7H17N2O2PS2/c1-4-6-8-7-9-12(10,11-5-2)14-13-3/h7H,4-6H2,1-3H3,(H,8,9,10). The molecule has 4 nitrogen and oxygen atoms in total. The van der Waals surface area contributed by atoms with Crippen LogP contribution in [0.2, 0.25) is 0 Å². The highest BCUT2D eigenvalue weighted by Gasteiger charge is 2.21. The first-order valence-corrected chi connectivity index (χ1v) is 9.20. The average Bonchev–Trinajstić information content (AvgIpc) is 2.13. The van der Waals surface area contributed by atoms with Crippen molar-refractivity contribution < 1.29 is 9.09 Å². The van der Waals surface area contributed by atoms with Crippen molar-refractivity contribution in [3.8, 4) is 0 Å². The van der Waals surface area contributed by atoms with Crippen molar-refractivity contribution in [3.63, 3.8) is 0 Å². The third kappa shape index (κ3) is 6.76. The van der Waals surface area contributed by atoms with Gasteiger partial charge in [0.2, 0.25) is 0 Å². The van der Waals surface area contributed by atoms with Gasteiger partial charge in [0, 0.05) is 17.0 Å². The van der Waals surface area contributed by atoms with Gasteiger partial charge in [0.15, 0.2) is 0 Å². The third-order valence-electron chi connectivity index (χ3n) is 1.13. The Morgan fingerprint density at radius 2 is 2.29 bits per heavy atom. The maximum atomic E-state index is 11.9. The van der Waals surface area contributed by atoms with Crippen LogP contribution in [-0.4, -0.2) is 25.7 Å². The molecule has 0 aromatic carbocycles. The lowest BCUT2D eigenvalue weighted by Gasteiger charge is -2.14. The van der Waals surface area contributed by atoms with E-state index in [1.807, 2.05) is 20.1 Å². The molecule has 0 aliphatic rings. The average molecular weight is 256 g/mol. The Hall–Kier alpha value is 0.360. The zero-order valence-electron chi connectivity index (χ0n) is 8.73. The van der Waals surface area contributed by atoms with Crippen LogP contribution in [-0.2, 0) is 9.09 Å². The van der Waals surface area contributed by atoms with Crippen molar-refractivity contribution in [3.05, 3.63) is 0 Å². The smallest absolute Gasteiger partial charge is 0.306 e. The highest BCUT2D eigenvalue weighted by atomic mass is 33.3. The second kappa shape index (κ2) is 8.65. The fourth-order valence-electron chi connectivity index (χ4n) is 0.654. The Morgan fingerprint density at radius 3 is 2.79 bits per heavy atom. The molecule has 0 amide bonds. The maximum Gasteiger partial charge on any atom is 0.362 e. The van der Waals surface area contributed by atoms with Crippen molar-refractivity contribution in [2.24, 2.45) is 4.99 Å². The number of hydrogen-bond acceptors (Lipinski definition) is 5. The summed E-state index contributed by atoms with van der Waals surface area (Å²) in [6, 6.07) is 0. The minimum absolute atomic E-state index is 0.430. The normalized spacial score (nSPS) is 15.6. The van der Waals surface area contributed by atoms with Gasteiger partial charge in [0.25, 0.3) is 0 Å². The third-order valence-corrected chi connectivity index (χ3v) is 7.28. The van der Waals surface area contributed by atoms with Gasteiger partial charge in [0.05, 0.1) is 12.9 Å². The molecule has 84 valence electrons. The number of aliphatic imine (C=N–C) groups is 1. The Bertz CT molecular complexity index is 204. The van der Waals surface area contributed by atoms with Gasteiger partial charge in [-0.3, -0.25) is 14.6 Å². The van der Waals surface area contributed by atoms with E-state index in [9.17, 15) is 4.57 Å². The van der Waals surface area contributed by atoms with Gasteiger partial charge in [0.1, 0.15) is 0 Å². The van der Waals surface area contributed by atoms with Crippen LogP contribution in [0.4, 0.5) is 0 Å². The van der Waals surface area contributed by atoms with Gasteiger partial charge in [-0.15, -0.1) is 0 Å². The monoisotopic (exact) mass is 256 g/mol. The van der Waals surface area contributed by atoms with E-state index in [0.717, 1.165) is 13.0 Å². The Morgan fingerprint density at radius 1 is 1.57 bits per heavy atom. The van der Waals surface area contributed by atoms with E-state index in [1.54, 1.807) is 0 Å². The van der Waals surface area contributed by atoms with Crippen molar-refractivity contribution in [2.75, 3.05) is 19.4 Å². The quantitative estimate of drug-likeness (QED) is 0.313. The summed E-state index contributed by atoms with van der Waals surface area (Å²) in [5, 5.41) is 2.72. The fourth-order valence-corrected chi connectivity index (χ4v) is 5.42. The van der Waals surface area contributed by atoms with E-state index in [0.29, 0.717) is 6.61 Å². The molecule has 0 radical (unpaired) electrons. The lowest BCUT2D eigenvalue weighted by Crippen LogP contribution is -2.07. The van der Waals surface area contributed by atoms with Crippen molar-refractivity contribution >= 4 is 34.3 Å². The highest BCUT2D eigenvalue weighted by molar-refractivity contribution is 8.98. The summed E-state index contributed by atoms with van der Waals surface area (Å²) in [4.78, 5) is 4.03. The molecule has 1 unspecified atom stereocenters. The van der Waals surface area contributed by atoms with E-state index in [1.165, 1.54) is 27.5 Å². The number of nitrogens with zero attached hydrogens (tertiary/aromatic N) is 1. The zero-order valence-corrected chi connectivity index (χ0v) is 11.3. The first-order valence-electron chi connectivity index (χ1n) is 4.41. The summed E-state index contributed by atoms with van der Waals surface area (Å²) in [7, 11) is 2.63. The fraction of sp³-hybridized carbons (Fsp3) is 0.857. The van der Waals surface area contributed by atoms with E-state index in [4.69, 9.17) is 4.52 Å². The number of rotatable bonds is 8. The number of hydrogen-bond donors (Lipinski definition) is 1. The molecule has 14 heavy (non-hydrogen) atoms. The van der Waals surface area contributed by atoms with Crippen molar-refractivity contribution in [1.29, 1.82) is 0 Å². The molecule has 1 atom stereocenters. The van der Waals surface area contributed by atoms with Crippen LogP contribution in [0.5, 0.6) is 0 Å². The molecule has 0 fully saturated rings. The molecule has 0 rings (SSSR count). The molecular formula is C7H17N2O2PS2. The SMILES string of the molecule is CCCN=CNP(=O)(OCC)SSC. The Balaban J connectivity index is 4.01. The van der Waals surface area contributed by atoms with Crippen LogP contribution < -0.4 is 5.09 Å². The van der Waals surface area contributed by atoms with E-state index < -0.39 is 6.72 Å². The first kappa shape index (κ1) is 14.4. The van der Waals surface area contributed by atoms with Crippen LogP contribution in [0.1, 0.15) is 20.3 Å². The summed E-state index contributed by atoms with van der Waals surface area (Å²) >= 11 is 0. The summed E-state index contributed by atoms with van der Waals surface area (Å²) in [5.74, 6) is 0. The molecule has 0 aromatic heterocycles. The zero-order chi connectivity index (χ0) is 10.9. The second-order valence-corrected chi connectivity index (χ2v) is 8.55. The molecular weight excluding hydrogens is 239 g/mol. The summed E-state index contributed by atoms with van der Waals surface area (Å²) in [5.41, 5.74) is 0. The molecule has 1 N–H and O–H groups in total. The molecule has 0 aromatic rings. The predicted molar refractivity (Wildman–Crippen MR) is 67.1 cm³/mol. The van der Waals surface area contributed by atoms with Crippen molar-refractivity contribution in [1.82, 2.24) is 5.09 Å². The maximum absolute atomic E-state index is 11.9. The van der Waals surface area contributed by atoms with Gasteiger partial charge in [-0.05, 0) is 19.6 Å². The first-order chi connectivity index (χ1) is 6.68. The van der Waals surface area contributed by atoms with E-state index in [-0.39, 0.29) is 0 Å². The van der Waals surface area contributed by atoms with Crippen LogP contribution in [0.25, 0.3) is 0 Å². The van der Waals surface area contributed by atoms with Gasteiger partial charge in [-0.25, -0.2) is 0 Å². The molecule has 7 heteroatoms. The van der Waals surface area contributed by atoms with Crippen LogP contribution in [0, 0.1) is 0 Å². The summed E-state index contributed by atoms with van der Waals surface area (Å²) in [6.45, 7) is 2.25. The summed E-state index contributed by atoms with van der Waals surface area (Å²) in [6.07, 6.45) is 4.32. The molecule has 0 spiro atoms. The van der Waals surface area contributed by atoms with Crippen LogP contribution in [0.3, 0.4) is 0 Å². The van der Waals surface area contributed by atoms with E-state index in [2.05, 4.69) is 10.1 Å². The molecule has 0 heterocycles. The molecule has 0 saturated carbocycles. The van der Waals surface area contributed by atoms with Gasteiger partial charge in [-0.2, -0.15) is 0 Å². The van der Waals surface area contributed by atoms with E-state index >= 15 is 0 Å². The lowest BCUT2D eigenvalue weighted by atomic mass is 10.5. The van der Waals surface area contributed by atoms with Crippen molar-refractivity contribution in [2.45, 2.75) is 20.3 Å². The summed E-state index contributed by atoms with van der Waals surface area (Å²) < 4.78 is 17.0. The second-order valence-electron chi connectivity index (χ2n) is 2.32. The molecule has 0 aliphatic carbocycles. The van der Waals surface area contributed by atoms with Gasteiger partial charge in [-0.1, -0.05) is 17.7 Å². The highest BCUT2D eigenvalue weighted by Crippen LogP contribution is 2.60. The largest absolute Gasteiger partial charge is 0.362 e. The minimum atomic E-state index is -2.78.